The Hall–Kier alpha value is -2.17. The standard InChI is InChI=1S/C8H11N.C8H8O3/c1-7(9)8-5-3-2-4-6-8;9-7(8(10)11)6-4-2-1-3-5-6/h2-7H,9H2,1H3;1-5,7,9H,(H,10,11)/t2*7-/m00/s1. The molecule has 0 bridgehead atoms. The number of carbonyl (C=O) groups is 1. The van der Waals surface area contributed by atoms with E-state index in [0.717, 1.165) is 0 Å². The Morgan fingerprint density at radius 2 is 1.40 bits per heavy atom. The van der Waals surface area contributed by atoms with E-state index in [-0.39, 0.29) is 0 Å². The van der Waals surface area contributed by atoms with Gasteiger partial charge in [-0.15, -0.1) is 0 Å². The first kappa shape index (κ1) is 15.9. The molecule has 0 aromatic heterocycles. The van der Waals surface area contributed by atoms with Crippen molar-refractivity contribution in [3.63, 3.8) is 0 Å². The molecule has 2 aromatic carbocycles. The highest BCUT2D eigenvalue weighted by Crippen LogP contribution is 2.09. The lowest BCUT2D eigenvalue weighted by atomic mass is 10.1. The van der Waals surface area contributed by atoms with Crippen molar-refractivity contribution in [1.29, 1.82) is 0 Å². The zero-order valence-corrected chi connectivity index (χ0v) is 11.4. The lowest BCUT2D eigenvalue weighted by Gasteiger charge is -2.10. The second kappa shape index (κ2) is 8.09. The number of aliphatic carboxylic acids is 1. The largest absolute Gasteiger partial charge is 0.547 e. The second-order valence-electron chi connectivity index (χ2n) is 4.44. The summed E-state index contributed by atoms with van der Waals surface area (Å²) in [7, 11) is 0. The summed E-state index contributed by atoms with van der Waals surface area (Å²) in [6.45, 7) is 2.09. The van der Waals surface area contributed by atoms with Gasteiger partial charge in [0.1, 0.15) is 12.1 Å². The predicted octanol–water partition coefficient (Wildman–Crippen LogP) is 0.459. The number of hydrogen-bond donors (Lipinski definition) is 2. The molecule has 20 heavy (non-hydrogen) atoms. The van der Waals surface area contributed by atoms with Crippen molar-refractivity contribution in [3.05, 3.63) is 71.8 Å². The zero-order chi connectivity index (χ0) is 15.0. The molecule has 4 N–H and O–H groups in total. The number of aliphatic hydroxyl groups is 1. The molecule has 4 nitrogen and oxygen atoms in total. The smallest absolute Gasteiger partial charge is 0.118 e. The van der Waals surface area contributed by atoms with Gasteiger partial charge in [0.25, 0.3) is 0 Å². The van der Waals surface area contributed by atoms with Crippen molar-refractivity contribution >= 4 is 5.97 Å². The maximum Gasteiger partial charge on any atom is 0.118 e. The van der Waals surface area contributed by atoms with Crippen molar-refractivity contribution in [2.45, 2.75) is 19.1 Å². The molecule has 4 heteroatoms. The first-order valence-corrected chi connectivity index (χ1v) is 6.34. The highest BCUT2D eigenvalue weighted by molar-refractivity contribution is 5.71. The SMILES string of the molecule is C[C@H]([NH3+])c1ccccc1.O=C([O-])[C@@H](O)c1ccccc1. The third-order valence-electron chi connectivity index (χ3n) is 2.71. The normalized spacial score (nSPS) is 12.8. The van der Waals surface area contributed by atoms with E-state index < -0.39 is 12.1 Å². The molecule has 2 rings (SSSR count). The van der Waals surface area contributed by atoms with Crippen molar-refractivity contribution in [2.24, 2.45) is 0 Å². The molecule has 0 aliphatic carbocycles. The molecule has 2 atom stereocenters. The number of carboxylic acids is 1. The van der Waals surface area contributed by atoms with Crippen LogP contribution in [0.5, 0.6) is 0 Å². The fourth-order valence-corrected chi connectivity index (χ4v) is 1.55. The summed E-state index contributed by atoms with van der Waals surface area (Å²) >= 11 is 0. The number of carbonyl (C=O) groups excluding carboxylic acids is 1. The highest BCUT2D eigenvalue weighted by Gasteiger charge is 2.05. The van der Waals surface area contributed by atoms with Gasteiger partial charge in [0, 0.05) is 5.56 Å². The number of rotatable bonds is 3. The molecule has 0 radical (unpaired) electrons. The fourth-order valence-electron chi connectivity index (χ4n) is 1.55. The molecule has 0 heterocycles. The Morgan fingerprint density at radius 3 is 1.70 bits per heavy atom. The maximum absolute atomic E-state index is 10.1. The Labute approximate surface area is 118 Å². The van der Waals surface area contributed by atoms with Crippen LogP contribution in [-0.2, 0) is 4.79 Å². The molecular formula is C16H19NO3. The number of carboxylic acid groups (broad SMARTS) is 1. The molecule has 0 unspecified atom stereocenters. The fraction of sp³-hybridized carbons (Fsp3) is 0.188. The summed E-state index contributed by atoms with van der Waals surface area (Å²) in [5, 5.41) is 19.1. The summed E-state index contributed by atoms with van der Waals surface area (Å²) in [6, 6.07) is 18.8. The Bertz CT molecular complexity index is 512. The van der Waals surface area contributed by atoms with Crippen molar-refractivity contribution in [1.82, 2.24) is 0 Å². The average Bonchev–Trinajstić information content (AvgIpc) is 2.49. The minimum absolute atomic E-state index is 0.340. The van der Waals surface area contributed by atoms with Crippen LogP contribution < -0.4 is 10.8 Å². The predicted molar refractivity (Wildman–Crippen MR) is 74.2 cm³/mol. The Kier molecular flexibility index (Phi) is 6.43. The summed E-state index contributed by atoms with van der Waals surface area (Å²) in [5.41, 5.74) is 5.55. The molecule has 0 fully saturated rings. The van der Waals surface area contributed by atoms with E-state index in [9.17, 15) is 9.90 Å². The third-order valence-corrected chi connectivity index (χ3v) is 2.71. The summed E-state index contributed by atoms with van der Waals surface area (Å²) in [4.78, 5) is 10.1. The molecule has 0 spiro atoms. The lowest BCUT2D eigenvalue weighted by Crippen LogP contribution is -2.51. The molecule has 0 saturated heterocycles. The van der Waals surface area contributed by atoms with Crippen LogP contribution in [0.25, 0.3) is 0 Å². The number of quaternary nitrogens is 1. The average molecular weight is 273 g/mol. The van der Waals surface area contributed by atoms with E-state index in [1.165, 1.54) is 17.7 Å². The topological polar surface area (TPSA) is 88.0 Å². The zero-order valence-electron chi connectivity index (χ0n) is 11.4. The monoisotopic (exact) mass is 273 g/mol. The van der Waals surface area contributed by atoms with Crippen LogP contribution in [0.15, 0.2) is 60.7 Å². The molecule has 106 valence electrons. The van der Waals surface area contributed by atoms with Crippen LogP contribution in [0.2, 0.25) is 0 Å². The summed E-state index contributed by atoms with van der Waals surface area (Å²) in [6.07, 6.45) is -1.52. The van der Waals surface area contributed by atoms with Gasteiger partial charge >= 0.3 is 0 Å². The minimum Gasteiger partial charge on any atom is -0.547 e. The van der Waals surface area contributed by atoms with Crippen LogP contribution in [0.1, 0.15) is 30.2 Å². The molecular weight excluding hydrogens is 254 g/mol. The van der Waals surface area contributed by atoms with Crippen LogP contribution in [-0.4, -0.2) is 11.1 Å². The van der Waals surface area contributed by atoms with Gasteiger partial charge in [-0.3, -0.25) is 0 Å². The van der Waals surface area contributed by atoms with E-state index >= 15 is 0 Å². The molecule has 0 amide bonds. The van der Waals surface area contributed by atoms with Gasteiger partial charge in [0.05, 0.1) is 5.97 Å². The van der Waals surface area contributed by atoms with E-state index in [1.54, 1.807) is 18.2 Å². The van der Waals surface area contributed by atoms with Crippen LogP contribution in [0, 0.1) is 0 Å². The second-order valence-corrected chi connectivity index (χ2v) is 4.44. The molecule has 0 aliphatic heterocycles. The number of hydrogen-bond acceptors (Lipinski definition) is 3. The van der Waals surface area contributed by atoms with E-state index in [4.69, 9.17) is 5.11 Å². The Morgan fingerprint density at radius 1 is 1.00 bits per heavy atom. The maximum atomic E-state index is 10.1. The third kappa shape index (κ3) is 5.22. The highest BCUT2D eigenvalue weighted by atomic mass is 16.4. The van der Waals surface area contributed by atoms with Crippen LogP contribution >= 0.6 is 0 Å². The van der Waals surface area contributed by atoms with Crippen molar-refractivity contribution in [3.8, 4) is 0 Å². The molecule has 0 aliphatic rings. The number of aliphatic hydroxyl groups excluding tert-OH is 1. The van der Waals surface area contributed by atoms with Gasteiger partial charge in [-0.05, 0) is 12.5 Å². The van der Waals surface area contributed by atoms with Gasteiger partial charge in [-0.1, -0.05) is 60.7 Å². The number of benzene rings is 2. The quantitative estimate of drug-likeness (QED) is 0.851. The van der Waals surface area contributed by atoms with Gasteiger partial charge in [-0.2, -0.15) is 0 Å². The van der Waals surface area contributed by atoms with E-state index in [1.807, 2.05) is 18.2 Å². The summed E-state index contributed by atoms with van der Waals surface area (Å²) < 4.78 is 0. The van der Waals surface area contributed by atoms with Gasteiger partial charge in [0.2, 0.25) is 0 Å². The van der Waals surface area contributed by atoms with Gasteiger partial charge in [-0.25, -0.2) is 0 Å². The van der Waals surface area contributed by atoms with Crippen molar-refractivity contribution in [2.75, 3.05) is 0 Å². The molecule has 2 aromatic rings. The lowest BCUT2D eigenvalue weighted by molar-refractivity contribution is -0.420. The van der Waals surface area contributed by atoms with Gasteiger partial charge in [0.15, 0.2) is 0 Å². The summed E-state index contributed by atoms with van der Waals surface area (Å²) in [5.74, 6) is -1.48. The van der Waals surface area contributed by atoms with Crippen molar-refractivity contribution < 1.29 is 20.7 Å². The van der Waals surface area contributed by atoms with Crippen LogP contribution in [0.3, 0.4) is 0 Å². The van der Waals surface area contributed by atoms with Crippen LogP contribution in [0.4, 0.5) is 0 Å². The first-order valence-electron chi connectivity index (χ1n) is 6.34. The Balaban J connectivity index is 0.000000204. The van der Waals surface area contributed by atoms with E-state index in [0.29, 0.717) is 11.6 Å². The first-order chi connectivity index (χ1) is 9.52. The van der Waals surface area contributed by atoms with Gasteiger partial charge < -0.3 is 20.7 Å². The van der Waals surface area contributed by atoms with E-state index in [2.05, 4.69) is 24.8 Å². The molecule has 0 saturated carbocycles. The minimum atomic E-state index is -1.52.